The number of aromatic nitrogens is 1. The van der Waals surface area contributed by atoms with E-state index in [1.165, 1.54) is 6.07 Å². The van der Waals surface area contributed by atoms with Gasteiger partial charge in [0.1, 0.15) is 5.82 Å². The van der Waals surface area contributed by atoms with Crippen LogP contribution in [0.25, 0.3) is 0 Å². The number of rotatable bonds is 2. The Kier molecular flexibility index (Phi) is 6.31. The molecule has 9 nitrogen and oxygen atoms in total. The van der Waals surface area contributed by atoms with Crippen molar-refractivity contribution < 1.29 is 14.4 Å². The van der Waals surface area contributed by atoms with Gasteiger partial charge in [-0.2, -0.15) is 0 Å². The zero-order chi connectivity index (χ0) is 15.8. The first-order chi connectivity index (χ1) is 10.7. The van der Waals surface area contributed by atoms with Gasteiger partial charge in [-0.05, 0) is 6.07 Å². The molecule has 2 saturated heterocycles. The molecule has 0 radical (unpaired) electrons. The van der Waals surface area contributed by atoms with Crippen LogP contribution < -0.4 is 16.0 Å². The van der Waals surface area contributed by atoms with E-state index < -0.39 is 4.92 Å². The van der Waals surface area contributed by atoms with Gasteiger partial charge < -0.3 is 25.4 Å². The summed E-state index contributed by atoms with van der Waals surface area (Å²) in [6.07, 6.45) is 0. The lowest BCUT2D eigenvalue weighted by molar-refractivity contribution is -0.384. The summed E-state index contributed by atoms with van der Waals surface area (Å²) in [5, 5.41) is 13.7. The Balaban J connectivity index is 0.000000246. The fourth-order valence-corrected chi connectivity index (χ4v) is 2.10. The minimum Gasteiger partial charge on any atom is -0.379 e. The van der Waals surface area contributed by atoms with Crippen molar-refractivity contribution in [1.82, 2.24) is 10.3 Å². The topological polar surface area (TPSA) is 116 Å². The number of nitrogens with one attached hydrogen (secondary N) is 1. The van der Waals surface area contributed by atoms with E-state index in [9.17, 15) is 10.1 Å². The molecule has 2 aliphatic rings. The van der Waals surface area contributed by atoms with Crippen LogP contribution in [-0.2, 0) is 9.47 Å². The van der Waals surface area contributed by atoms with Crippen molar-refractivity contribution in [2.75, 3.05) is 63.2 Å². The second kappa shape index (κ2) is 8.47. The number of nitrogens with two attached hydrogens (primary N) is 1. The molecule has 0 bridgehead atoms. The van der Waals surface area contributed by atoms with Crippen molar-refractivity contribution >= 4 is 17.3 Å². The van der Waals surface area contributed by atoms with Crippen LogP contribution in [0.3, 0.4) is 0 Å². The highest BCUT2D eigenvalue weighted by atomic mass is 16.6. The molecule has 3 N–H and O–H groups in total. The zero-order valence-electron chi connectivity index (χ0n) is 12.4. The average Bonchev–Trinajstić information content (AvgIpc) is 2.57. The number of hydrogen-bond donors (Lipinski definition) is 2. The number of nitro groups is 1. The average molecular weight is 311 g/mol. The molecule has 1 aromatic heterocycles. The Morgan fingerprint density at radius 2 is 1.82 bits per heavy atom. The Morgan fingerprint density at radius 3 is 2.27 bits per heavy atom. The Hall–Kier alpha value is -1.97. The van der Waals surface area contributed by atoms with E-state index in [0.29, 0.717) is 19.0 Å². The maximum atomic E-state index is 10.6. The van der Waals surface area contributed by atoms with E-state index in [4.69, 9.17) is 15.2 Å². The zero-order valence-corrected chi connectivity index (χ0v) is 12.4. The number of anilines is 2. The van der Waals surface area contributed by atoms with Gasteiger partial charge in [0.15, 0.2) is 0 Å². The van der Waals surface area contributed by atoms with Crippen molar-refractivity contribution in [3.05, 3.63) is 22.2 Å². The number of ether oxygens (including phenoxy) is 2. The lowest BCUT2D eigenvalue weighted by Gasteiger charge is -2.27. The number of nitrogens with zero attached hydrogens (tertiary/aromatic N) is 3. The smallest absolute Gasteiger partial charge is 0.311 e. The van der Waals surface area contributed by atoms with Gasteiger partial charge in [-0.3, -0.25) is 10.1 Å². The Labute approximate surface area is 128 Å². The van der Waals surface area contributed by atoms with E-state index in [1.54, 1.807) is 6.07 Å². The maximum Gasteiger partial charge on any atom is 0.311 e. The summed E-state index contributed by atoms with van der Waals surface area (Å²) in [7, 11) is 0. The van der Waals surface area contributed by atoms with E-state index in [1.807, 2.05) is 4.90 Å². The van der Waals surface area contributed by atoms with Crippen LogP contribution in [-0.4, -0.2) is 62.5 Å². The van der Waals surface area contributed by atoms with Crippen LogP contribution in [0, 0.1) is 10.1 Å². The second-order valence-corrected chi connectivity index (χ2v) is 4.79. The molecular weight excluding hydrogens is 290 g/mol. The molecule has 0 aliphatic carbocycles. The molecule has 22 heavy (non-hydrogen) atoms. The summed E-state index contributed by atoms with van der Waals surface area (Å²) >= 11 is 0. The number of pyridine rings is 1. The standard InChI is InChI=1S/C9H12N4O3.C4H9NO/c10-9-7(13(14)15)1-2-8(11-9)12-3-5-16-6-4-12;1-3-6-4-2-5-1/h1-2H,3-6H2,(H2,10,11);5H,1-4H2. The van der Waals surface area contributed by atoms with Crippen LogP contribution >= 0.6 is 0 Å². The summed E-state index contributed by atoms with van der Waals surface area (Å²) in [6, 6.07) is 2.99. The minimum atomic E-state index is -0.536. The largest absolute Gasteiger partial charge is 0.379 e. The van der Waals surface area contributed by atoms with Gasteiger partial charge >= 0.3 is 5.69 Å². The second-order valence-electron chi connectivity index (χ2n) is 4.79. The molecule has 3 heterocycles. The van der Waals surface area contributed by atoms with Gasteiger partial charge in [-0.25, -0.2) is 4.98 Å². The highest BCUT2D eigenvalue weighted by Crippen LogP contribution is 2.23. The van der Waals surface area contributed by atoms with Crippen LogP contribution in [0.15, 0.2) is 12.1 Å². The molecule has 9 heteroatoms. The van der Waals surface area contributed by atoms with Crippen molar-refractivity contribution in [3.63, 3.8) is 0 Å². The Bertz CT molecular complexity index is 478. The normalized spacial score (nSPS) is 18.3. The quantitative estimate of drug-likeness (QED) is 0.580. The number of morpholine rings is 2. The summed E-state index contributed by atoms with van der Waals surface area (Å²) in [4.78, 5) is 16.0. The first-order valence-corrected chi connectivity index (χ1v) is 7.20. The predicted molar refractivity (Wildman–Crippen MR) is 82.0 cm³/mol. The van der Waals surface area contributed by atoms with Crippen LogP contribution in [0.1, 0.15) is 0 Å². The lowest BCUT2D eigenvalue weighted by atomic mass is 10.3. The van der Waals surface area contributed by atoms with E-state index in [2.05, 4.69) is 10.3 Å². The summed E-state index contributed by atoms with van der Waals surface area (Å²) in [5.41, 5.74) is 5.36. The third-order valence-corrected chi connectivity index (χ3v) is 3.27. The fraction of sp³-hybridized carbons (Fsp3) is 0.615. The highest BCUT2D eigenvalue weighted by molar-refractivity contribution is 5.58. The van der Waals surface area contributed by atoms with Crippen LogP contribution in [0.5, 0.6) is 0 Å². The molecular formula is C13H21N5O4. The first kappa shape index (κ1) is 16.4. The minimum absolute atomic E-state index is 0.0472. The van der Waals surface area contributed by atoms with Crippen molar-refractivity contribution in [2.24, 2.45) is 0 Å². The monoisotopic (exact) mass is 311 g/mol. The first-order valence-electron chi connectivity index (χ1n) is 7.20. The van der Waals surface area contributed by atoms with E-state index >= 15 is 0 Å². The molecule has 2 fully saturated rings. The van der Waals surface area contributed by atoms with Crippen molar-refractivity contribution in [3.8, 4) is 0 Å². The third kappa shape index (κ3) is 4.79. The molecule has 0 amide bonds. The third-order valence-electron chi connectivity index (χ3n) is 3.27. The Morgan fingerprint density at radius 1 is 1.18 bits per heavy atom. The molecule has 1 aromatic rings. The number of nitrogen functional groups attached to an aromatic ring is 1. The molecule has 122 valence electrons. The molecule has 0 saturated carbocycles. The SMILES string of the molecule is C1COCCN1.Nc1nc(N2CCOCC2)ccc1[N+](=O)[O-]. The summed E-state index contributed by atoms with van der Waals surface area (Å²) in [6.45, 7) is 6.56. The van der Waals surface area contributed by atoms with Gasteiger partial charge in [0.05, 0.1) is 31.4 Å². The van der Waals surface area contributed by atoms with Crippen LogP contribution in [0.4, 0.5) is 17.3 Å². The van der Waals surface area contributed by atoms with Crippen molar-refractivity contribution in [2.45, 2.75) is 0 Å². The highest BCUT2D eigenvalue weighted by Gasteiger charge is 2.17. The van der Waals surface area contributed by atoms with Gasteiger partial charge in [0, 0.05) is 32.2 Å². The summed E-state index contributed by atoms with van der Waals surface area (Å²) in [5.74, 6) is 0.611. The van der Waals surface area contributed by atoms with Crippen LogP contribution in [0.2, 0.25) is 0 Å². The van der Waals surface area contributed by atoms with Gasteiger partial charge in [0.25, 0.3) is 0 Å². The summed E-state index contributed by atoms with van der Waals surface area (Å²) < 4.78 is 10.2. The fourth-order valence-electron chi connectivity index (χ4n) is 2.10. The van der Waals surface area contributed by atoms with Gasteiger partial charge in [-0.1, -0.05) is 0 Å². The lowest BCUT2D eigenvalue weighted by Crippen LogP contribution is -2.36. The molecule has 3 rings (SSSR count). The molecule has 2 aliphatic heterocycles. The predicted octanol–water partition coefficient (Wildman–Crippen LogP) is 0.0148. The molecule has 0 aromatic carbocycles. The number of hydrogen-bond acceptors (Lipinski definition) is 8. The van der Waals surface area contributed by atoms with E-state index in [-0.39, 0.29) is 11.5 Å². The molecule has 0 unspecified atom stereocenters. The maximum absolute atomic E-state index is 10.6. The van der Waals surface area contributed by atoms with Gasteiger partial charge in [-0.15, -0.1) is 0 Å². The van der Waals surface area contributed by atoms with Crippen molar-refractivity contribution in [1.29, 1.82) is 0 Å². The van der Waals surface area contributed by atoms with Gasteiger partial charge in [0.2, 0.25) is 5.82 Å². The molecule has 0 atom stereocenters. The molecule has 0 spiro atoms. The van der Waals surface area contributed by atoms with E-state index in [0.717, 1.165) is 39.4 Å².